The van der Waals surface area contributed by atoms with Crippen LogP contribution in [0.25, 0.3) is 0 Å². The average molecular weight is 226 g/mol. The van der Waals surface area contributed by atoms with E-state index in [-0.39, 0.29) is 12.4 Å². The molecule has 1 aromatic rings. The average Bonchev–Trinajstić information content (AvgIpc) is 2.68. The molecule has 1 aliphatic rings. The molecule has 1 saturated heterocycles. The van der Waals surface area contributed by atoms with Crippen LogP contribution in [0.2, 0.25) is 0 Å². The molecule has 0 saturated carbocycles. The van der Waals surface area contributed by atoms with Gasteiger partial charge in [0.1, 0.15) is 18.2 Å². The third-order valence-electron chi connectivity index (χ3n) is 1.89. The smallest absolute Gasteiger partial charge is 0.430 e. The summed E-state index contributed by atoms with van der Waals surface area (Å²) in [7, 11) is 0. The molecule has 16 heavy (non-hydrogen) atoms. The van der Waals surface area contributed by atoms with Crippen LogP contribution < -0.4 is 4.74 Å². The number of benzene rings is 1. The van der Waals surface area contributed by atoms with Gasteiger partial charge in [0.05, 0.1) is 0 Å². The summed E-state index contributed by atoms with van der Waals surface area (Å²) in [6, 6.07) is 4.90. The van der Waals surface area contributed by atoms with E-state index in [0.29, 0.717) is 0 Å². The highest BCUT2D eigenvalue weighted by molar-refractivity contribution is 5.81. The van der Waals surface area contributed by atoms with Gasteiger partial charge in [-0.1, -0.05) is 0 Å². The predicted molar refractivity (Wildman–Crippen MR) is 48.3 cm³/mol. The van der Waals surface area contributed by atoms with E-state index >= 15 is 0 Å². The Balaban J connectivity index is 1.97. The quantitative estimate of drug-likeness (QED) is 0.561. The van der Waals surface area contributed by atoms with Crippen molar-refractivity contribution in [2.75, 3.05) is 6.61 Å². The standard InChI is InChI=1S/C10H7FO5/c11-6-1-3-7(4-2-6)15-9(12)8-5-14-10(13)16-8/h1-4,8H,5H2. The van der Waals surface area contributed by atoms with E-state index in [2.05, 4.69) is 9.47 Å². The van der Waals surface area contributed by atoms with Crippen molar-refractivity contribution in [1.82, 2.24) is 0 Å². The van der Waals surface area contributed by atoms with Crippen LogP contribution in [-0.2, 0) is 14.3 Å². The molecule has 1 fully saturated rings. The van der Waals surface area contributed by atoms with Crippen LogP contribution >= 0.6 is 0 Å². The number of esters is 1. The number of carbonyl (C=O) groups is 2. The summed E-state index contributed by atoms with van der Waals surface area (Å²) in [6.07, 6.45) is -1.96. The van der Waals surface area contributed by atoms with Crippen LogP contribution in [0.15, 0.2) is 24.3 Å². The Morgan fingerprint density at radius 2 is 2.06 bits per heavy atom. The van der Waals surface area contributed by atoms with Crippen molar-refractivity contribution in [3.63, 3.8) is 0 Å². The van der Waals surface area contributed by atoms with Gasteiger partial charge in [-0.25, -0.2) is 14.0 Å². The molecule has 5 nitrogen and oxygen atoms in total. The minimum absolute atomic E-state index is 0.168. The first-order chi connectivity index (χ1) is 7.65. The Labute approximate surface area is 89.7 Å². The third-order valence-corrected chi connectivity index (χ3v) is 1.89. The minimum atomic E-state index is -1.06. The van der Waals surface area contributed by atoms with Gasteiger partial charge in [0, 0.05) is 0 Å². The maximum atomic E-state index is 12.5. The van der Waals surface area contributed by atoms with Gasteiger partial charge >= 0.3 is 12.1 Å². The summed E-state index contributed by atoms with van der Waals surface area (Å²) in [4.78, 5) is 21.9. The van der Waals surface area contributed by atoms with E-state index in [1.165, 1.54) is 12.1 Å². The molecule has 1 heterocycles. The Kier molecular flexibility index (Phi) is 2.72. The summed E-state index contributed by atoms with van der Waals surface area (Å²) in [5.74, 6) is -1.01. The van der Waals surface area contributed by atoms with Crippen molar-refractivity contribution < 1.29 is 28.2 Å². The molecule has 6 heteroatoms. The number of hydrogen-bond donors (Lipinski definition) is 0. The SMILES string of the molecule is O=C1OCC(C(=O)Oc2ccc(F)cc2)O1. The molecule has 0 spiro atoms. The van der Waals surface area contributed by atoms with E-state index in [9.17, 15) is 14.0 Å². The highest BCUT2D eigenvalue weighted by Gasteiger charge is 2.33. The third kappa shape index (κ3) is 2.28. The van der Waals surface area contributed by atoms with Crippen molar-refractivity contribution in [3.8, 4) is 5.75 Å². The maximum absolute atomic E-state index is 12.5. The fraction of sp³-hybridized carbons (Fsp3) is 0.200. The van der Waals surface area contributed by atoms with E-state index < -0.39 is 24.0 Å². The number of hydrogen-bond acceptors (Lipinski definition) is 5. The lowest BCUT2D eigenvalue weighted by atomic mass is 10.3. The molecule has 84 valence electrons. The number of cyclic esters (lactones) is 2. The molecule has 0 amide bonds. The van der Waals surface area contributed by atoms with Gasteiger partial charge in [0.15, 0.2) is 0 Å². The highest BCUT2D eigenvalue weighted by Crippen LogP contribution is 2.14. The number of halogens is 1. The van der Waals surface area contributed by atoms with Gasteiger partial charge in [-0.15, -0.1) is 0 Å². The summed E-state index contributed by atoms with van der Waals surface area (Å²) in [6.45, 7) is -0.168. The molecule has 1 aliphatic heterocycles. The van der Waals surface area contributed by atoms with Gasteiger partial charge in [-0.3, -0.25) is 0 Å². The fourth-order valence-corrected chi connectivity index (χ4v) is 1.13. The Hall–Kier alpha value is -2.11. The second-order valence-corrected chi connectivity index (χ2v) is 3.04. The van der Waals surface area contributed by atoms with Crippen molar-refractivity contribution in [1.29, 1.82) is 0 Å². The summed E-state index contributed by atoms with van der Waals surface area (Å²) < 4.78 is 26.3. The predicted octanol–water partition coefficient (Wildman–Crippen LogP) is 1.27. The lowest BCUT2D eigenvalue weighted by Crippen LogP contribution is -2.27. The zero-order chi connectivity index (χ0) is 11.5. The first-order valence-corrected chi connectivity index (χ1v) is 4.46. The Morgan fingerprint density at radius 3 is 2.62 bits per heavy atom. The molecule has 0 N–H and O–H groups in total. The Morgan fingerprint density at radius 1 is 1.38 bits per heavy atom. The van der Waals surface area contributed by atoms with Crippen LogP contribution in [0.5, 0.6) is 5.75 Å². The molecule has 0 bridgehead atoms. The molecule has 0 radical (unpaired) electrons. The van der Waals surface area contributed by atoms with Crippen molar-refractivity contribution in [2.24, 2.45) is 0 Å². The van der Waals surface area contributed by atoms with Crippen LogP contribution in [0.1, 0.15) is 0 Å². The number of rotatable bonds is 2. The molecule has 0 aliphatic carbocycles. The zero-order valence-electron chi connectivity index (χ0n) is 8.01. The minimum Gasteiger partial charge on any atom is -0.430 e. The summed E-state index contributed by atoms with van der Waals surface area (Å²) in [5, 5.41) is 0. The monoisotopic (exact) mass is 226 g/mol. The van der Waals surface area contributed by atoms with Gasteiger partial charge in [-0.2, -0.15) is 0 Å². The molecule has 1 unspecified atom stereocenters. The molecular formula is C10H7FO5. The van der Waals surface area contributed by atoms with Crippen molar-refractivity contribution in [2.45, 2.75) is 6.10 Å². The summed E-state index contributed by atoms with van der Waals surface area (Å²) in [5.41, 5.74) is 0. The Bertz CT molecular complexity index is 414. The second kappa shape index (κ2) is 4.18. The van der Waals surface area contributed by atoms with E-state index in [1.54, 1.807) is 0 Å². The lowest BCUT2D eigenvalue weighted by molar-refractivity contribution is -0.142. The molecule has 2 rings (SSSR count). The van der Waals surface area contributed by atoms with Crippen LogP contribution in [-0.4, -0.2) is 24.8 Å². The lowest BCUT2D eigenvalue weighted by Gasteiger charge is -2.06. The van der Waals surface area contributed by atoms with Gasteiger partial charge < -0.3 is 14.2 Å². The van der Waals surface area contributed by atoms with Gasteiger partial charge in [0.2, 0.25) is 6.10 Å². The van der Waals surface area contributed by atoms with E-state index in [4.69, 9.17) is 4.74 Å². The van der Waals surface area contributed by atoms with Crippen molar-refractivity contribution in [3.05, 3.63) is 30.1 Å². The van der Waals surface area contributed by atoms with Gasteiger partial charge in [-0.05, 0) is 24.3 Å². The topological polar surface area (TPSA) is 61.8 Å². The zero-order valence-corrected chi connectivity index (χ0v) is 8.01. The molecular weight excluding hydrogens is 219 g/mol. The van der Waals surface area contributed by atoms with Crippen LogP contribution in [0.3, 0.4) is 0 Å². The van der Waals surface area contributed by atoms with Gasteiger partial charge in [0.25, 0.3) is 0 Å². The molecule has 0 aromatic heterocycles. The van der Waals surface area contributed by atoms with Crippen LogP contribution in [0.4, 0.5) is 9.18 Å². The second-order valence-electron chi connectivity index (χ2n) is 3.04. The first kappa shape index (κ1) is 10.4. The normalized spacial score (nSPS) is 18.8. The largest absolute Gasteiger partial charge is 0.509 e. The molecule has 1 aromatic carbocycles. The van der Waals surface area contributed by atoms with Crippen LogP contribution in [0, 0.1) is 5.82 Å². The van der Waals surface area contributed by atoms with Crippen molar-refractivity contribution >= 4 is 12.1 Å². The number of ether oxygens (including phenoxy) is 3. The van der Waals surface area contributed by atoms with E-state index in [1.807, 2.05) is 0 Å². The maximum Gasteiger partial charge on any atom is 0.509 e. The molecule has 1 atom stereocenters. The summed E-state index contributed by atoms with van der Waals surface area (Å²) >= 11 is 0. The fourth-order valence-electron chi connectivity index (χ4n) is 1.13. The first-order valence-electron chi connectivity index (χ1n) is 4.46. The van der Waals surface area contributed by atoms with E-state index in [0.717, 1.165) is 12.1 Å². The number of carbonyl (C=O) groups excluding carboxylic acids is 2. The highest BCUT2D eigenvalue weighted by atomic mass is 19.1.